The van der Waals surface area contributed by atoms with Crippen LogP contribution in [0.1, 0.15) is 6.42 Å². The molecule has 0 aliphatic rings. The zero-order valence-corrected chi connectivity index (χ0v) is 8.59. The van der Waals surface area contributed by atoms with Crippen molar-refractivity contribution in [1.82, 2.24) is 4.98 Å². The minimum absolute atomic E-state index is 0.00332. The molecule has 82 valence electrons. The van der Waals surface area contributed by atoms with Crippen LogP contribution >= 0.6 is 0 Å². The summed E-state index contributed by atoms with van der Waals surface area (Å²) in [6, 6.07) is 9.27. The Balaban J connectivity index is 2.20. The second kappa shape index (κ2) is 4.61. The molecule has 2 rings (SSSR count). The van der Waals surface area contributed by atoms with Crippen LogP contribution in [0.4, 0.5) is 0 Å². The van der Waals surface area contributed by atoms with Crippen LogP contribution in [0.3, 0.4) is 0 Å². The maximum absolute atomic E-state index is 10.4. The molecule has 0 radical (unpaired) electrons. The summed E-state index contributed by atoms with van der Waals surface area (Å²) in [6.07, 6.45) is 1.71. The molecular formula is C12H11NO3. The molecule has 0 saturated heterocycles. The summed E-state index contributed by atoms with van der Waals surface area (Å²) in [7, 11) is 0. The van der Waals surface area contributed by atoms with Crippen LogP contribution < -0.4 is 4.74 Å². The van der Waals surface area contributed by atoms with Gasteiger partial charge in [0, 0.05) is 11.6 Å². The zero-order valence-electron chi connectivity index (χ0n) is 8.59. The smallest absolute Gasteiger partial charge is 0.306 e. The standard InChI is InChI=1S/C12H11NO3/c14-12(15)6-8-16-11-5-1-4-10-9(11)3-2-7-13-10/h1-5,7H,6,8H2,(H,14,15). The monoisotopic (exact) mass is 217 g/mol. The number of carboxylic acid groups (broad SMARTS) is 1. The highest BCUT2D eigenvalue weighted by Gasteiger charge is 2.03. The molecule has 1 N–H and O–H groups in total. The lowest BCUT2D eigenvalue weighted by atomic mass is 10.2. The Bertz CT molecular complexity index is 505. The molecule has 4 heteroatoms. The van der Waals surface area contributed by atoms with Gasteiger partial charge in [0.1, 0.15) is 5.75 Å². The molecule has 16 heavy (non-hydrogen) atoms. The Labute approximate surface area is 92.5 Å². The fourth-order valence-electron chi connectivity index (χ4n) is 1.45. The van der Waals surface area contributed by atoms with Crippen molar-refractivity contribution in [2.45, 2.75) is 6.42 Å². The summed E-state index contributed by atoms with van der Waals surface area (Å²) in [4.78, 5) is 14.5. The molecule has 0 atom stereocenters. The van der Waals surface area contributed by atoms with Crippen LogP contribution in [0.2, 0.25) is 0 Å². The summed E-state index contributed by atoms with van der Waals surface area (Å²) in [5.74, 6) is -0.190. The second-order valence-corrected chi connectivity index (χ2v) is 3.32. The van der Waals surface area contributed by atoms with Gasteiger partial charge in [-0.2, -0.15) is 0 Å². The van der Waals surface area contributed by atoms with Gasteiger partial charge in [-0.05, 0) is 24.3 Å². The molecular weight excluding hydrogens is 206 g/mol. The molecule has 0 amide bonds. The molecule has 1 aromatic carbocycles. The number of carbonyl (C=O) groups is 1. The number of hydrogen-bond donors (Lipinski definition) is 1. The molecule has 0 saturated carbocycles. The number of hydrogen-bond acceptors (Lipinski definition) is 3. The van der Waals surface area contributed by atoms with E-state index in [-0.39, 0.29) is 13.0 Å². The van der Waals surface area contributed by atoms with Crippen molar-refractivity contribution in [1.29, 1.82) is 0 Å². The first-order valence-electron chi connectivity index (χ1n) is 4.96. The number of rotatable bonds is 4. The molecule has 0 fully saturated rings. The lowest BCUT2D eigenvalue weighted by Gasteiger charge is -2.07. The average molecular weight is 217 g/mol. The van der Waals surface area contributed by atoms with Gasteiger partial charge in [0.15, 0.2) is 0 Å². The third kappa shape index (κ3) is 2.28. The van der Waals surface area contributed by atoms with Crippen LogP contribution in [0.15, 0.2) is 36.5 Å². The number of ether oxygens (including phenoxy) is 1. The number of fused-ring (bicyclic) bond motifs is 1. The van der Waals surface area contributed by atoms with Crippen molar-refractivity contribution in [2.75, 3.05) is 6.61 Å². The normalized spacial score (nSPS) is 10.2. The number of carboxylic acids is 1. The Morgan fingerprint density at radius 2 is 2.19 bits per heavy atom. The first kappa shape index (κ1) is 10.4. The lowest BCUT2D eigenvalue weighted by Crippen LogP contribution is -2.04. The van der Waals surface area contributed by atoms with Gasteiger partial charge in [-0.1, -0.05) is 6.07 Å². The molecule has 0 aliphatic heterocycles. The molecule has 1 heterocycles. The summed E-state index contributed by atoms with van der Waals surface area (Å²) < 4.78 is 5.41. The summed E-state index contributed by atoms with van der Waals surface area (Å²) in [5, 5.41) is 9.41. The van der Waals surface area contributed by atoms with E-state index in [2.05, 4.69) is 4.98 Å². The van der Waals surface area contributed by atoms with E-state index < -0.39 is 5.97 Å². The first-order valence-corrected chi connectivity index (χ1v) is 4.96. The maximum atomic E-state index is 10.4. The van der Waals surface area contributed by atoms with Gasteiger partial charge >= 0.3 is 5.97 Å². The minimum Gasteiger partial charge on any atom is -0.492 e. The fourth-order valence-corrected chi connectivity index (χ4v) is 1.45. The van der Waals surface area contributed by atoms with Crippen LogP contribution in [-0.4, -0.2) is 22.7 Å². The van der Waals surface area contributed by atoms with Crippen molar-refractivity contribution in [3.63, 3.8) is 0 Å². The molecule has 0 spiro atoms. The maximum Gasteiger partial charge on any atom is 0.306 e. The van der Waals surface area contributed by atoms with Crippen molar-refractivity contribution < 1.29 is 14.6 Å². The van der Waals surface area contributed by atoms with Gasteiger partial charge in [0.05, 0.1) is 18.5 Å². The predicted molar refractivity (Wildman–Crippen MR) is 59.5 cm³/mol. The number of nitrogens with zero attached hydrogens (tertiary/aromatic N) is 1. The number of pyridine rings is 1. The van der Waals surface area contributed by atoms with Gasteiger partial charge in [-0.25, -0.2) is 0 Å². The topological polar surface area (TPSA) is 59.4 Å². The van der Waals surface area contributed by atoms with E-state index in [0.717, 1.165) is 10.9 Å². The van der Waals surface area contributed by atoms with E-state index in [4.69, 9.17) is 9.84 Å². The van der Waals surface area contributed by atoms with Gasteiger partial charge in [-0.3, -0.25) is 9.78 Å². The molecule has 0 aliphatic carbocycles. The second-order valence-electron chi connectivity index (χ2n) is 3.32. The summed E-state index contributed by atoms with van der Waals surface area (Å²) in [6.45, 7) is 0.170. The Kier molecular flexibility index (Phi) is 3.00. The zero-order chi connectivity index (χ0) is 11.4. The Hall–Kier alpha value is -2.10. The van der Waals surface area contributed by atoms with Crippen LogP contribution in [0, 0.1) is 0 Å². The Morgan fingerprint density at radius 3 is 3.00 bits per heavy atom. The fraction of sp³-hybridized carbons (Fsp3) is 0.167. The lowest BCUT2D eigenvalue weighted by molar-refractivity contribution is -0.137. The molecule has 2 aromatic rings. The van der Waals surface area contributed by atoms with Crippen molar-refractivity contribution >= 4 is 16.9 Å². The quantitative estimate of drug-likeness (QED) is 0.851. The van der Waals surface area contributed by atoms with E-state index in [1.54, 1.807) is 6.20 Å². The molecule has 1 aromatic heterocycles. The van der Waals surface area contributed by atoms with E-state index in [0.29, 0.717) is 5.75 Å². The van der Waals surface area contributed by atoms with Crippen molar-refractivity contribution in [3.05, 3.63) is 36.5 Å². The van der Waals surface area contributed by atoms with Crippen LogP contribution in [0.25, 0.3) is 10.9 Å². The number of aliphatic carboxylic acids is 1. The largest absolute Gasteiger partial charge is 0.492 e. The van der Waals surface area contributed by atoms with Gasteiger partial charge < -0.3 is 9.84 Å². The van der Waals surface area contributed by atoms with E-state index in [1.807, 2.05) is 30.3 Å². The summed E-state index contributed by atoms with van der Waals surface area (Å²) in [5.41, 5.74) is 0.843. The van der Waals surface area contributed by atoms with Crippen LogP contribution in [-0.2, 0) is 4.79 Å². The minimum atomic E-state index is -0.863. The molecule has 0 unspecified atom stereocenters. The SMILES string of the molecule is O=C(O)CCOc1cccc2ncccc12. The summed E-state index contributed by atoms with van der Waals surface area (Å²) >= 11 is 0. The molecule has 4 nitrogen and oxygen atoms in total. The van der Waals surface area contributed by atoms with E-state index in [9.17, 15) is 4.79 Å². The highest BCUT2D eigenvalue weighted by atomic mass is 16.5. The van der Waals surface area contributed by atoms with Gasteiger partial charge in [0.2, 0.25) is 0 Å². The number of benzene rings is 1. The Morgan fingerprint density at radius 1 is 1.31 bits per heavy atom. The predicted octanol–water partition coefficient (Wildman–Crippen LogP) is 2.09. The first-order chi connectivity index (χ1) is 7.77. The third-order valence-corrected chi connectivity index (χ3v) is 2.18. The average Bonchev–Trinajstić information content (AvgIpc) is 2.29. The van der Waals surface area contributed by atoms with Crippen molar-refractivity contribution in [2.24, 2.45) is 0 Å². The van der Waals surface area contributed by atoms with Gasteiger partial charge in [-0.15, -0.1) is 0 Å². The third-order valence-electron chi connectivity index (χ3n) is 2.18. The highest BCUT2D eigenvalue weighted by molar-refractivity contribution is 5.84. The number of aromatic nitrogens is 1. The van der Waals surface area contributed by atoms with E-state index in [1.165, 1.54) is 0 Å². The van der Waals surface area contributed by atoms with Gasteiger partial charge in [0.25, 0.3) is 0 Å². The van der Waals surface area contributed by atoms with Crippen LogP contribution in [0.5, 0.6) is 5.75 Å². The highest BCUT2D eigenvalue weighted by Crippen LogP contribution is 2.23. The molecule has 0 bridgehead atoms. The van der Waals surface area contributed by atoms with E-state index >= 15 is 0 Å². The van der Waals surface area contributed by atoms with Crippen molar-refractivity contribution in [3.8, 4) is 5.75 Å².